The zero-order valence-corrected chi connectivity index (χ0v) is 15.3. The highest BCUT2D eigenvalue weighted by atomic mass is 16.3. The van der Waals surface area contributed by atoms with E-state index in [4.69, 9.17) is 0 Å². The average Bonchev–Trinajstić information content (AvgIpc) is 3.34. The molecule has 5 atom stereocenters. The first kappa shape index (κ1) is 17.1. The summed E-state index contributed by atoms with van der Waals surface area (Å²) in [7, 11) is 0. The van der Waals surface area contributed by atoms with Crippen LogP contribution in [-0.2, 0) is 0 Å². The Morgan fingerprint density at radius 1 is 1.29 bits per heavy atom. The first-order valence-electron chi connectivity index (χ1n) is 9.42. The summed E-state index contributed by atoms with van der Waals surface area (Å²) in [5.41, 5.74) is 5.45. The fourth-order valence-electron chi connectivity index (χ4n) is 4.50. The lowest BCUT2D eigenvalue weighted by Crippen LogP contribution is -2.47. The summed E-state index contributed by atoms with van der Waals surface area (Å²) in [5, 5.41) is 13.6. The van der Waals surface area contributed by atoms with Crippen LogP contribution in [0.1, 0.15) is 46.5 Å². The molecular formula is C22H31NO. The van der Waals surface area contributed by atoms with Gasteiger partial charge in [-0.25, -0.2) is 0 Å². The van der Waals surface area contributed by atoms with Crippen molar-refractivity contribution >= 4 is 0 Å². The third kappa shape index (κ3) is 2.87. The van der Waals surface area contributed by atoms with E-state index in [9.17, 15) is 5.11 Å². The van der Waals surface area contributed by atoms with Crippen molar-refractivity contribution in [3.8, 4) is 0 Å². The van der Waals surface area contributed by atoms with Crippen molar-refractivity contribution in [1.82, 2.24) is 5.32 Å². The van der Waals surface area contributed by atoms with E-state index in [2.05, 4.69) is 57.5 Å². The average molecular weight is 325 g/mol. The molecule has 0 spiro atoms. The van der Waals surface area contributed by atoms with Crippen molar-refractivity contribution < 1.29 is 5.11 Å². The van der Waals surface area contributed by atoms with E-state index in [-0.39, 0.29) is 6.04 Å². The molecule has 3 aliphatic carbocycles. The Bertz CT molecular complexity index is 636. The Morgan fingerprint density at radius 2 is 2.00 bits per heavy atom. The number of hydrogen-bond donors (Lipinski definition) is 2. The van der Waals surface area contributed by atoms with Crippen LogP contribution < -0.4 is 5.32 Å². The Labute approximate surface area is 146 Å². The van der Waals surface area contributed by atoms with Crippen molar-refractivity contribution in [2.45, 2.75) is 52.5 Å². The van der Waals surface area contributed by atoms with E-state index in [1.807, 2.05) is 0 Å². The molecule has 4 aliphatic rings. The Morgan fingerprint density at radius 3 is 2.62 bits per heavy atom. The Hall–Kier alpha value is -1.70. The molecule has 2 nitrogen and oxygen atoms in total. The highest BCUT2D eigenvalue weighted by molar-refractivity contribution is 5.52. The normalized spacial score (nSPS) is 35.3. The molecule has 0 aromatic carbocycles. The summed E-state index contributed by atoms with van der Waals surface area (Å²) in [5.74, 6) is 2.38. The Balaban J connectivity index is 0.000000526. The maximum absolute atomic E-state index is 10.0. The molecule has 24 heavy (non-hydrogen) atoms. The largest absolute Gasteiger partial charge is 0.511 e. The molecule has 2 heteroatoms. The smallest absolute Gasteiger partial charge is 0.108 e. The van der Waals surface area contributed by atoms with Crippen molar-refractivity contribution in [3.05, 3.63) is 59.6 Å². The first-order valence-corrected chi connectivity index (χ1v) is 9.42. The van der Waals surface area contributed by atoms with E-state index < -0.39 is 0 Å². The standard InChI is InChI=1S/C19H23NO.C3H8/c1-10(2)14-8-16-12-6-4-5-7-13(12)18(11(3)21)20-19(16)17-9-15(14)17;1-3-2/h4,6,8,12-13,15,17-18,20-21H,1,3,5,7,9H2,2H3;3H2,1-2H3. The van der Waals surface area contributed by atoms with Crippen LogP contribution in [0.5, 0.6) is 0 Å². The number of hydrogen-bond acceptors (Lipinski definition) is 2. The summed E-state index contributed by atoms with van der Waals surface area (Å²) in [6.45, 7) is 14.3. The molecular weight excluding hydrogens is 294 g/mol. The van der Waals surface area contributed by atoms with Gasteiger partial charge >= 0.3 is 0 Å². The lowest BCUT2D eigenvalue weighted by molar-refractivity contribution is 0.232. The van der Waals surface area contributed by atoms with Crippen molar-refractivity contribution in [2.24, 2.45) is 23.7 Å². The summed E-state index contributed by atoms with van der Waals surface area (Å²) in [6, 6.07) is 0.0136. The van der Waals surface area contributed by atoms with Gasteiger partial charge in [0.1, 0.15) is 5.76 Å². The molecule has 1 heterocycles. The molecule has 0 amide bonds. The molecule has 0 aromatic rings. The molecule has 1 saturated carbocycles. The van der Waals surface area contributed by atoms with E-state index in [0.717, 1.165) is 12.8 Å². The van der Waals surface area contributed by atoms with Gasteiger partial charge in [0.2, 0.25) is 0 Å². The highest BCUT2D eigenvalue weighted by Crippen LogP contribution is 2.57. The number of fused-ring (bicyclic) bond motifs is 4. The summed E-state index contributed by atoms with van der Waals surface area (Å²) < 4.78 is 0. The predicted octanol–water partition coefficient (Wildman–Crippen LogP) is 5.43. The summed E-state index contributed by atoms with van der Waals surface area (Å²) in [6.07, 6.45) is 11.7. The molecule has 1 fully saturated rings. The van der Waals surface area contributed by atoms with Gasteiger partial charge in [-0.1, -0.05) is 57.2 Å². The van der Waals surface area contributed by atoms with Gasteiger partial charge in [-0.2, -0.15) is 0 Å². The second-order valence-corrected chi connectivity index (χ2v) is 7.71. The van der Waals surface area contributed by atoms with Gasteiger partial charge in [-0.3, -0.25) is 0 Å². The molecule has 0 saturated heterocycles. The van der Waals surface area contributed by atoms with Gasteiger partial charge in [-0.05, 0) is 49.2 Å². The number of aliphatic hydroxyl groups is 1. The number of allylic oxidation sites excluding steroid dienone is 7. The second-order valence-electron chi connectivity index (χ2n) is 7.71. The quantitative estimate of drug-likeness (QED) is 0.524. The highest BCUT2D eigenvalue weighted by Gasteiger charge is 2.51. The zero-order chi connectivity index (χ0) is 17.4. The second kappa shape index (κ2) is 6.66. The van der Waals surface area contributed by atoms with Gasteiger partial charge < -0.3 is 10.4 Å². The third-order valence-electron chi connectivity index (χ3n) is 5.60. The molecule has 0 bridgehead atoms. The van der Waals surface area contributed by atoms with Gasteiger partial charge in [0.15, 0.2) is 0 Å². The lowest BCUT2D eigenvalue weighted by Gasteiger charge is -2.43. The predicted molar refractivity (Wildman–Crippen MR) is 102 cm³/mol. The van der Waals surface area contributed by atoms with Crippen LogP contribution >= 0.6 is 0 Å². The maximum Gasteiger partial charge on any atom is 0.108 e. The van der Waals surface area contributed by atoms with Crippen LogP contribution in [0, 0.1) is 23.7 Å². The molecule has 0 radical (unpaired) electrons. The lowest BCUT2D eigenvalue weighted by atomic mass is 9.69. The van der Waals surface area contributed by atoms with Gasteiger partial charge in [0.05, 0.1) is 6.04 Å². The van der Waals surface area contributed by atoms with Crippen LogP contribution in [0.25, 0.3) is 0 Å². The fourth-order valence-corrected chi connectivity index (χ4v) is 4.50. The van der Waals surface area contributed by atoms with Crippen molar-refractivity contribution in [3.63, 3.8) is 0 Å². The summed E-state index contributed by atoms with van der Waals surface area (Å²) >= 11 is 0. The topological polar surface area (TPSA) is 32.3 Å². The molecule has 130 valence electrons. The van der Waals surface area contributed by atoms with E-state index >= 15 is 0 Å². The minimum absolute atomic E-state index is 0.0136. The zero-order valence-electron chi connectivity index (χ0n) is 15.3. The number of aliphatic hydroxyl groups excluding tert-OH is 1. The maximum atomic E-state index is 10.0. The van der Waals surface area contributed by atoms with E-state index in [1.165, 1.54) is 35.3 Å². The van der Waals surface area contributed by atoms with Crippen LogP contribution in [0.2, 0.25) is 0 Å². The first-order chi connectivity index (χ1) is 11.5. The number of nitrogens with one attached hydrogen (secondary N) is 1. The molecule has 0 aromatic heterocycles. The molecule has 2 N–H and O–H groups in total. The van der Waals surface area contributed by atoms with Crippen LogP contribution in [0.15, 0.2) is 59.6 Å². The van der Waals surface area contributed by atoms with Crippen molar-refractivity contribution in [2.75, 3.05) is 0 Å². The molecule has 4 rings (SSSR count). The fraction of sp³-hybridized carbons (Fsp3) is 0.545. The minimum atomic E-state index is 0.0136. The van der Waals surface area contributed by atoms with E-state index in [1.54, 1.807) is 0 Å². The third-order valence-corrected chi connectivity index (χ3v) is 5.60. The molecule has 5 unspecified atom stereocenters. The monoisotopic (exact) mass is 325 g/mol. The van der Waals surface area contributed by atoms with E-state index in [0.29, 0.717) is 29.4 Å². The van der Waals surface area contributed by atoms with Crippen LogP contribution in [0.4, 0.5) is 0 Å². The number of rotatable bonds is 2. The SMILES string of the molecule is C=C(C)C1=CC2=C(NC(C(=C)O)C3CCC=CC23)C2CC12.CCC. The Kier molecular flexibility index (Phi) is 4.76. The van der Waals surface area contributed by atoms with Crippen LogP contribution in [0.3, 0.4) is 0 Å². The minimum Gasteiger partial charge on any atom is -0.511 e. The van der Waals surface area contributed by atoms with Gasteiger partial charge in [0, 0.05) is 17.5 Å². The molecule has 1 aliphatic heterocycles. The van der Waals surface area contributed by atoms with Gasteiger partial charge in [0.25, 0.3) is 0 Å². The summed E-state index contributed by atoms with van der Waals surface area (Å²) in [4.78, 5) is 0. The van der Waals surface area contributed by atoms with Crippen molar-refractivity contribution in [1.29, 1.82) is 0 Å². The van der Waals surface area contributed by atoms with Crippen LogP contribution in [-0.4, -0.2) is 11.1 Å². The van der Waals surface area contributed by atoms with Gasteiger partial charge in [-0.15, -0.1) is 0 Å².